The van der Waals surface area contributed by atoms with E-state index in [9.17, 15) is 14.9 Å². The summed E-state index contributed by atoms with van der Waals surface area (Å²) < 4.78 is 5.54. The second-order valence-electron chi connectivity index (χ2n) is 9.08. The predicted octanol–water partition coefficient (Wildman–Crippen LogP) is 3.06. The monoisotopic (exact) mass is 474 g/mol. The molecule has 0 radical (unpaired) electrons. The van der Waals surface area contributed by atoms with Crippen LogP contribution < -0.4 is 5.56 Å². The second-order valence-corrected chi connectivity index (χ2v) is 9.08. The van der Waals surface area contributed by atoms with Crippen molar-refractivity contribution in [1.29, 1.82) is 5.26 Å². The molecule has 1 amide bonds. The molecule has 0 unspecified atom stereocenters. The van der Waals surface area contributed by atoms with Crippen LogP contribution in [0.3, 0.4) is 0 Å². The molecule has 9 heteroatoms. The topological polar surface area (TPSA) is 119 Å². The highest BCUT2D eigenvalue weighted by molar-refractivity contribution is 5.76. The zero-order chi connectivity index (χ0) is 25.1. The third kappa shape index (κ3) is 5.17. The molecule has 1 aliphatic rings. The number of nitriles is 1. The van der Waals surface area contributed by atoms with Crippen LogP contribution in [0.5, 0.6) is 0 Å². The Hall–Kier alpha value is -3.77. The number of hydrogen-bond acceptors (Lipinski definition) is 7. The number of nitrogens with one attached hydrogen (secondary N) is 1. The molecule has 0 bridgehead atoms. The summed E-state index contributed by atoms with van der Waals surface area (Å²) in [4.78, 5) is 36.2. The molecule has 182 valence electrons. The lowest BCUT2D eigenvalue weighted by atomic mass is 9.99. The summed E-state index contributed by atoms with van der Waals surface area (Å²) in [6.45, 7) is 10.3. The summed E-state index contributed by atoms with van der Waals surface area (Å²) >= 11 is 0. The Morgan fingerprint density at radius 1 is 1.17 bits per heavy atom. The SMILES string of the molecule is Cc1ccc(-c2noc([C@H](C)N3CCN(C(=O)CCc4c(C)[nH]c(=O)c(C#N)c4C)CC3)n2)cc1. The molecule has 35 heavy (non-hydrogen) atoms. The van der Waals surface area contributed by atoms with E-state index >= 15 is 0 Å². The summed E-state index contributed by atoms with van der Waals surface area (Å²) in [5.41, 5.74) is 4.06. The fourth-order valence-electron chi connectivity index (χ4n) is 4.55. The first-order valence-corrected chi connectivity index (χ1v) is 11.8. The molecule has 1 saturated heterocycles. The first-order valence-electron chi connectivity index (χ1n) is 11.8. The number of piperazine rings is 1. The van der Waals surface area contributed by atoms with Gasteiger partial charge in [-0.2, -0.15) is 10.2 Å². The van der Waals surface area contributed by atoms with Gasteiger partial charge in [-0.3, -0.25) is 14.5 Å². The lowest BCUT2D eigenvalue weighted by Crippen LogP contribution is -2.49. The second kappa shape index (κ2) is 10.2. The van der Waals surface area contributed by atoms with Crippen LogP contribution in [0.2, 0.25) is 0 Å². The molecule has 4 rings (SSSR count). The quantitative estimate of drug-likeness (QED) is 0.583. The summed E-state index contributed by atoms with van der Waals surface area (Å²) in [6.07, 6.45) is 0.820. The Labute approximate surface area is 204 Å². The van der Waals surface area contributed by atoms with E-state index in [1.807, 2.05) is 49.1 Å². The van der Waals surface area contributed by atoms with Crippen LogP contribution in [0, 0.1) is 32.1 Å². The third-order valence-electron chi connectivity index (χ3n) is 6.83. The van der Waals surface area contributed by atoms with Crippen LogP contribution in [-0.4, -0.2) is 57.0 Å². The Morgan fingerprint density at radius 2 is 1.86 bits per heavy atom. The number of carbonyl (C=O) groups excluding carboxylic acids is 1. The standard InChI is InChI=1S/C26H30N6O3/c1-16-5-7-20(8-6-16)24-29-26(35-30-24)19(4)31-11-13-32(14-12-31)23(33)10-9-21-17(2)22(15-27)25(34)28-18(21)3/h5-8,19H,9-14H2,1-4H3,(H,28,34)/t19-/m0/s1. The van der Waals surface area contributed by atoms with E-state index in [4.69, 9.17) is 4.52 Å². The number of aromatic amines is 1. The maximum absolute atomic E-state index is 12.9. The minimum absolute atomic E-state index is 0.0465. The van der Waals surface area contributed by atoms with Crippen LogP contribution in [0.4, 0.5) is 0 Å². The van der Waals surface area contributed by atoms with E-state index < -0.39 is 0 Å². The normalized spacial score (nSPS) is 15.1. The number of carbonyl (C=O) groups is 1. The first-order chi connectivity index (χ1) is 16.8. The van der Waals surface area contributed by atoms with Gasteiger partial charge in [0, 0.05) is 43.9 Å². The Kier molecular flexibility index (Phi) is 7.12. The van der Waals surface area contributed by atoms with E-state index in [-0.39, 0.29) is 23.1 Å². The fourth-order valence-corrected chi connectivity index (χ4v) is 4.55. The van der Waals surface area contributed by atoms with Crippen LogP contribution in [0.1, 0.15) is 53.2 Å². The van der Waals surface area contributed by atoms with Gasteiger partial charge in [-0.25, -0.2) is 0 Å². The molecule has 3 aromatic rings. The average Bonchev–Trinajstić information content (AvgIpc) is 3.34. The van der Waals surface area contributed by atoms with Crippen molar-refractivity contribution in [2.45, 2.75) is 46.6 Å². The predicted molar refractivity (Wildman–Crippen MR) is 131 cm³/mol. The molecule has 0 saturated carbocycles. The van der Waals surface area contributed by atoms with Crippen molar-refractivity contribution < 1.29 is 9.32 Å². The number of hydrogen-bond donors (Lipinski definition) is 1. The fraction of sp³-hybridized carbons (Fsp3) is 0.423. The number of rotatable bonds is 6. The molecule has 2 aromatic heterocycles. The highest BCUT2D eigenvalue weighted by Crippen LogP contribution is 2.24. The van der Waals surface area contributed by atoms with Crippen LogP contribution in [-0.2, 0) is 11.2 Å². The van der Waals surface area contributed by atoms with E-state index in [1.54, 1.807) is 13.8 Å². The van der Waals surface area contributed by atoms with Gasteiger partial charge in [0.2, 0.25) is 17.6 Å². The molecule has 3 heterocycles. The van der Waals surface area contributed by atoms with Gasteiger partial charge in [-0.05, 0) is 45.2 Å². The molecular formula is C26H30N6O3. The van der Waals surface area contributed by atoms with E-state index in [0.29, 0.717) is 62.0 Å². The van der Waals surface area contributed by atoms with E-state index in [2.05, 4.69) is 20.0 Å². The summed E-state index contributed by atoms with van der Waals surface area (Å²) in [5.74, 6) is 1.21. The molecular weight excluding hydrogens is 444 g/mol. The zero-order valence-electron chi connectivity index (χ0n) is 20.6. The van der Waals surface area contributed by atoms with Gasteiger partial charge in [-0.1, -0.05) is 35.0 Å². The molecule has 1 N–H and O–H groups in total. The van der Waals surface area contributed by atoms with E-state index in [1.165, 1.54) is 5.56 Å². The number of H-pyrrole nitrogens is 1. The van der Waals surface area contributed by atoms with Crippen LogP contribution >= 0.6 is 0 Å². The molecule has 1 aliphatic heterocycles. The summed E-state index contributed by atoms with van der Waals surface area (Å²) in [7, 11) is 0. The Bertz CT molecular complexity index is 1310. The lowest BCUT2D eigenvalue weighted by Gasteiger charge is -2.36. The highest BCUT2D eigenvalue weighted by atomic mass is 16.5. The number of amides is 1. The first kappa shape index (κ1) is 24.4. The largest absolute Gasteiger partial charge is 0.340 e. The van der Waals surface area contributed by atoms with Gasteiger partial charge in [-0.15, -0.1) is 0 Å². The van der Waals surface area contributed by atoms with Gasteiger partial charge in [0.05, 0.1) is 6.04 Å². The maximum Gasteiger partial charge on any atom is 0.266 e. The van der Waals surface area contributed by atoms with Gasteiger partial charge >= 0.3 is 0 Å². The molecule has 1 aromatic carbocycles. The number of aryl methyl sites for hydroxylation is 2. The summed E-state index contributed by atoms with van der Waals surface area (Å²) in [6, 6.07) is 9.92. The lowest BCUT2D eigenvalue weighted by molar-refractivity contribution is -0.133. The van der Waals surface area contributed by atoms with Gasteiger partial charge in [0.15, 0.2) is 0 Å². The van der Waals surface area contributed by atoms with Crippen LogP contribution in [0.15, 0.2) is 33.6 Å². The van der Waals surface area contributed by atoms with Crippen LogP contribution in [0.25, 0.3) is 11.4 Å². The van der Waals surface area contributed by atoms with Crippen molar-refractivity contribution in [3.63, 3.8) is 0 Å². The van der Waals surface area contributed by atoms with Gasteiger partial charge in [0.1, 0.15) is 11.6 Å². The van der Waals surface area contributed by atoms with Crippen molar-refractivity contribution in [1.82, 2.24) is 24.9 Å². The third-order valence-corrected chi connectivity index (χ3v) is 6.83. The molecule has 9 nitrogen and oxygen atoms in total. The van der Waals surface area contributed by atoms with E-state index in [0.717, 1.165) is 11.1 Å². The van der Waals surface area contributed by atoms with Gasteiger partial charge < -0.3 is 14.4 Å². The smallest absolute Gasteiger partial charge is 0.266 e. The minimum Gasteiger partial charge on any atom is -0.340 e. The Balaban J connectivity index is 1.33. The van der Waals surface area contributed by atoms with Crippen molar-refractivity contribution in [2.24, 2.45) is 0 Å². The maximum atomic E-state index is 12.9. The van der Waals surface area contributed by atoms with Crippen molar-refractivity contribution in [3.05, 3.63) is 68.5 Å². The van der Waals surface area contributed by atoms with Crippen molar-refractivity contribution in [2.75, 3.05) is 26.2 Å². The molecule has 0 aliphatic carbocycles. The number of aromatic nitrogens is 3. The average molecular weight is 475 g/mol. The number of pyridine rings is 1. The number of benzene rings is 1. The number of nitrogens with zero attached hydrogens (tertiary/aromatic N) is 5. The summed E-state index contributed by atoms with van der Waals surface area (Å²) in [5, 5.41) is 13.4. The van der Waals surface area contributed by atoms with Crippen molar-refractivity contribution >= 4 is 5.91 Å². The van der Waals surface area contributed by atoms with Gasteiger partial charge in [0.25, 0.3) is 5.56 Å². The highest BCUT2D eigenvalue weighted by Gasteiger charge is 2.28. The van der Waals surface area contributed by atoms with Crippen molar-refractivity contribution in [3.8, 4) is 17.5 Å². The molecule has 0 spiro atoms. The Morgan fingerprint density at radius 3 is 2.51 bits per heavy atom. The minimum atomic E-state index is -0.380. The molecule has 1 atom stereocenters. The molecule has 1 fully saturated rings. The zero-order valence-corrected chi connectivity index (χ0v) is 20.6.